The molecule has 4 heteroatoms. The number of nitrogens with zero attached hydrogens (tertiary/aromatic N) is 1. The van der Waals surface area contributed by atoms with E-state index in [0.717, 1.165) is 18.0 Å². The highest BCUT2D eigenvalue weighted by molar-refractivity contribution is 5.94. The molecule has 4 nitrogen and oxygen atoms in total. The Kier molecular flexibility index (Phi) is 4.56. The number of rotatable bonds is 5. The van der Waals surface area contributed by atoms with Gasteiger partial charge in [0.05, 0.1) is 0 Å². The van der Waals surface area contributed by atoms with E-state index < -0.39 is 0 Å². The number of hydrogen-bond donors (Lipinski definition) is 2. The Morgan fingerprint density at radius 1 is 1.19 bits per heavy atom. The van der Waals surface area contributed by atoms with Gasteiger partial charge in [-0.2, -0.15) is 0 Å². The maximum atomic E-state index is 12.0. The van der Waals surface area contributed by atoms with E-state index in [-0.39, 0.29) is 5.91 Å². The van der Waals surface area contributed by atoms with Crippen molar-refractivity contribution < 1.29 is 4.79 Å². The van der Waals surface area contributed by atoms with E-state index in [2.05, 4.69) is 15.5 Å². The number of amides is 1. The Bertz CT molecular complexity index is 477. The van der Waals surface area contributed by atoms with Gasteiger partial charge in [-0.05, 0) is 50.9 Å². The molecule has 3 saturated heterocycles. The van der Waals surface area contributed by atoms with E-state index in [0.29, 0.717) is 12.6 Å². The van der Waals surface area contributed by atoms with Crippen LogP contribution in [0.4, 0.5) is 0 Å². The molecule has 114 valence electrons. The normalized spacial score (nSPS) is 27.6. The first kappa shape index (κ1) is 14.5. The van der Waals surface area contributed by atoms with Gasteiger partial charge in [-0.15, -0.1) is 0 Å². The van der Waals surface area contributed by atoms with Crippen LogP contribution in [-0.4, -0.2) is 49.6 Å². The SMILES string of the molecule is Cc1ccc(C(=O)NCCNC2CN3CCC2CC3)cc1. The van der Waals surface area contributed by atoms with Gasteiger partial charge in [0.25, 0.3) is 5.91 Å². The van der Waals surface area contributed by atoms with E-state index in [1.165, 1.54) is 38.0 Å². The van der Waals surface area contributed by atoms with Crippen molar-refractivity contribution in [2.75, 3.05) is 32.7 Å². The predicted molar refractivity (Wildman–Crippen MR) is 84.5 cm³/mol. The second kappa shape index (κ2) is 6.58. The molecule has 1 aromatic rings. The molecule has 0 saturated carbocycles. The van der Waals surface area contributed by atoms with E-state index >= 15 is 0 Å². The van der Waals surface area contributed by atoms with E-state index in [4.69, 9.17) is 0 Å². The summed E-state index contributed by atoms with van der Waals surface area (Å²) in [6.07, 6.45) is 2.65. The van der Waals surface area contributed by atoms with Gasteiger partial charge in [-0.3, -0.25) is 4.79 Å². The molecule has 0 aliphatic carbocycles. The fourth-order valence-corrected chi connectivity index (χ4v) is 3.44. The van der Waals surface area contributed by atoms with Crippen molar-refractivity contribution in [3.63, 3.8) is 0 Å². The Balaban J connectivity index is 1.38. The first-order valence-corrected chi connectivity index (χ1v) is 8.03. The molecule has 3 aliphatic rings. The van der Waals surface area contributed by atoms with Gasteiger partial charge in [0.2, 0.25) is 0 Å². The highest BCUT2D eigenvalue weighted by Crippen LogP contribution is 2.27. The van der Waals surface area contributed by atoms with E-state index in [9.17, 15) is 4.79 Å². The molecular formula is C17H25N3O. The molecule has 3 fully saturated rings. The summed E-state index contributed by atoms with van der Waals surface area (Å²) in [4.78, 5) is 14.5. The van der Waals surface area contributed by atoms with Crippen molar-refractivity contribution in [3.05, 3.63) is 35.4 Å². The van der Waals surface area contributed by atoms with Gasteiger partial charge in [0, 0.05) is 31.2 Å². The lowest BCUT2D eigenvalue weighted by molar-refractivity contribution is 0.0727. The minimum Gasteiger partial charge on any atom is -0.351 e. The fraction of sp³-hybridized carbons (Fsp3) is 0.588. The predicted octanol–water partition coefficient (Wildman–Crippen LogP) is 1.41. The Morgan fingerprint density at radius 3 is 2.52 bits per heavy atom. The number of carbonyl (C=O) groups is 1. The maximum Gasteiger partial charge on any atom is 0.251 e. The average Bonchev–Trinajstić information content (AvgIpc) is 2.53. The van der Waals surface area contributed by atoms with Gasteiger partial charge in [-0.25, -0.2) is 0 Å². The topological polar surface area (TPSA) is 44.4 Å². The first-order valence-electron chi connectivity index (χ1n) is 8.03. The lowest BCUT2D eigenvalue weighted by Crippen LogP contribution is -2.56. The summed E-state index contributed by atoms with van der Waals surface area (Å²) in [5, 5.41) is 6.60. The Morgan fingerprint density at radius 2 is 1.90 bits per heavy atom. The fourth-order valence-electron chi connectivity index (χ4n) is 3.44. The number of carbonyl (C=O) groups excluding carboxylic acids is 1. The molecule has 0 aromatic heterocycles. The zero-order valence-electron chi connectivity index (χ0n) is 12.8. The van der Waals surface area contributed by atoms with Crippen LogP contribution >= 0.6 is 0 Å². The molecule has 4 rings (SSSR count). The van der Waals surface area contributed by atoms with Gasteiger partial charge >= 0.3 is 0 Å². The van der Waals surface area contributed by atoms with Crippen LogP contribution in [0.1, 0.15) is 28.8 Å². The third kappa shape index (κ3) is 3.63. The molecule has 0 spiro atoms. The van der Waals surface area contributed by atoms with Crippen LogP contribution in [0.25, 0.3) is 0 Å². The summed E-state index contributed by atoms with van der Waals surface area (Å²) in [5.41, 5.74) is 1.92. The lowest BCUT2D eigenvalue weighted by atomic mass is 9.84. The lowest BCUT2D eigenvalue weighted by Gasteiger charge is -2.45. The smallest absolute Gasteiger partial charge is 0.251 e. The van der Waals surface area contributed by atoms with Crippen molar-refractivity contribution in [2.24, 2.45) is 5.92 Å². The number of nitrogens with one attached hydrogen (secondary N) is 2. The zero-order valence-corrected chi connectivity index (χ0v) is 12.8. The molecule has 1 atom stereocenters. The van der Waals surface area contributed by atoms with Crippen LogP contribution in [0.3, 0.4) is 0 Å². The third-order valence-electron chi connectivity index (χ3n) is 4.79. The van der Waals surface area contributed by atoms with Crippen LogP contribution in [0, 0.1) is 12.8 Å². The van der Waals surface area contributed by atoms with Crippen molar-refractivity contribution in [3.8, 4) is 0 Å². The van der Waals surface area contributed by atoms with E-state index in [1.807, 2.05) is 31.2 Å². The summed E-state index contributed by atoms with van der Waals surface area (Å²) in [7, 11) is 0. The molecule has 21 heavy (non-hydrogen) atoms. The number of benzene rings is 1. The van der Waals surface area contributed by atoms with E-state index in [1.54, 1.807) is 0 Å². The van der Waals surface area contributed by atoms with Crippen molar-refractivity contribution in [1.29, 1.82) is 0 Å². The molecule has 2 N–H and O–H groups in total. The van der Waals surface area contributed by atoms with Crippen molar-refractivity contribution >= 4 is 5.91 Å². The van der Waals surface area contributed by atoms with Crippen LogP contribution in [0.2, 0.25) is 0 Å². The molecule has 3 aliphatic heterocycles. The van der Waals surface area contributed by atoms with Crippen molar-refractivity contribution in [2.45, 2.75) is 25.8 Å². The minimum absolute atomic E-state index is 0.0192. The minimum atomic E-state index is 0.0192. The highest BCUT2D eigenvalue weighted by atomic mass is 16.1. The summed E-state index contributed by atoms with van der Waals surface area (Å²) in [5.74, 6) is 0.855. The highest BCUT2D eigenvalue weighted by Gasteiger charge is 2.33. The summed E-state index contributed by atoms with van der Waals surface area (Å²) < 4.78 is 0. The Labute approximate surface area is 126 Å². The monoisotopic (exact) mass is 287 g/mol. The summed E-state index contributed by atoms with van der Waals surface area (Å²) >= 11 is 0. The molecular weight excluding hydrogens is 262 g/mol. The summed E-state index contributed by atoms with van der Waals surface area (Å²) in [6, 6.07) is 8.32. The molecule has 3 heterocycles. The second-order valence-corrected chi connectivity index (χ2v) is 6.32. The standard InChI is InChI=1S/C17H25N3O/c1-13-2-4-15(5-3-13)17(21)19-9-8-18-16-12-20-10-6-14(16)7-11-20/h2-5,14,16,18H,6-12H2,1H3,(H,19,21). The number of piperidine rings is 3. The molecule has 1 aromatic carbocycles. The number of fused-ring (bicyclic) bond motifs is 3. The number of hydrogen-bond acceptors (Lipinski definition) is 3. The Hall–Kier alpha value is -1.39. The average molecular weight is 287 g/mol. The molecule has 0 radical (unpaired) electrons. The third-order valence-corrected chi connectivity index (χ3v) is 4.79. The van der Waals surface area contributed by atoms with Crippen LogP contribution in [0.15, 0.2) is 24.3 Å². The van der Waals surface area contributed by atoms with Crippen LogP contribution in [-0.2, 0) is 0 Å². The second-order valence-electron chi connectivity index (χ2n) is 6.32. The molecule has 2 bridgehead atoms. The zero-order chi connectivity index (χ0) is 14.7. The van der Waals surface area contributed by atoms with Crippen molar-refractivity contribution in [1.82, 2.24) is 15.5 Å². The van der Waals surface area contributed by atoms with Gasteiger partial charge in [0.1, 0.15) is 0 Å². The largest absolute Gasteiger partial charge is 0.351 e. The first-order chi connectivity index (χ1) is 10.2. The maximum absolute atomic E-state index is 12.0. The summed E-state index contributed by atoms with van der Waals surface area (Å²) in [6.45, 7) is 7.29. The van der Waals surface area contributed by atoms with Gasteiger partial charge in [-0.1, -0.05) is 17.7 Å². The van der Waals surface area contributed by atoms with Gasteiger partial charge < -0.3 is 15.5 Å². The number of aryl methyl sites for hydroxylation is 1. The quantitative estimate of drug-likeness (QED) is 0.805. The molecule has 1 amide bonds. The molecule has 1 unspecified atom stereocenters. The van der Waals surface area contributed by atoms with Crippen LogP contribution in [0.5, 0.6) is 0 Å². The van der Waals surface area contributed by atoms with Gasteiger partial charge in [0.15, 0.2) is 0 Å². The van der Waals surface area contributed by atoms with Crippen LogP contribution < -0.4 is 10.6 Å².